The Morgan fingerprint density at radius 1 is 0.865 bits per heavy atom. The van der Waals surface area contributed by atoms with E-state index in [1.54, 1.807) is 58.9 Å². The number of nitrogens with one attached hydrogen (secondary N) is 1. The molecule has 7 nitrogen and oxygen atoms in total. The normalized spacial score (nSPS) is 25.1. The third-order valence-electron chi connectivity index (χ3n) is 8.33. The van der Waals surface area contributed by atoms with Crippen molar-refractivity contribution in [2.24, 2.45) is 17.8 Å². The van der Waals surface area contributed by atoms with Crippen molar-refractivity contribution in [3.63, 3.8) is 0 Å². The third kappa shape index (κ3) is 4.42. The second-order valence-electron chi connectivity index (χ2n) is 10.7. The molecule has 2 aliphatic carbocycles. The summed E-state index contributed by atoms with van der Waals surface area (Å²) in [4.78, 5) is 24.8. The van der Waals surface area contributed by atoms with Crippen LogP contribution in [-0.4, -0.2) is 44.3 Å². The first-order valence-electron chi connectivity index (χ1n) is 12.9. The van der Waals surface area contributed by atoms with Crippen LogP contribution in [0.25, 0.3) is 10.8 Å². The number of amides is 1. The summed E-state index contributed by atoms with van der Waals surface area (Å²) < 4.78 is 34.1. The number of hydrogen-bond donors (Lipinski definition) is 1. The van der Waals surface area contributed by atoms with Crippen LogP contribution in [-0.2, 0) is 14.8 Å². The monoisotopic (exact) mass is 518 g/mol. The van der Waals surface area contributed by atoms with E-state index >= 15 is 0 Å². The summed E-state index contributed by atoms with van der Waals surface area (Å²) in [6.45, 7) is 0.628. The first kappa shape index (κ1) is 24.1. The molecule has 0 aromatic heterocycles. The fourth-order valence-electron chi connectivity index (χ4n) is 6.77. The molecule has 3 aromatic carbocycles. The molecule has 37 heavy (non-hydrogen) atoms. The van der Waals surface area contributed by atoms with Crippen molar-refractivity contribution in [1.29, 1.82) is 0 Å². The average Bonchev–Trinajstić information content (AvgIpc) is 3.11. The predicted molar refractivity (Wildman–Crippen MR) is 141 cm³/mol. The zero-order chi connectivity index (χ0) is 25.7. The van der Waals surface area contributed by atoms with Gasteiger partial charge < -0.3 is 10.1 Å². The van der Waals surface area contributed by atoms with Crippen LogP contribution in [0.4, 0.5) is 5.69 Å². The van der Waals surface area contributed by atoms with E-state index in [1.165, 1.54) is 13.5 Å². The Morgan fingerprint density at radius 2 is 1.54 bits per heavy atom. The lowest BCUT2D eigenvalue weighted by Crippen LogP contribution is -2.42. The smallest absolute Gasteiger partial charge is 0.337 e. The van der Waals surface area contributed by atoms with Gasteiger partial charge in [-0.2, -0.15) is 4.31 Å². The van der Waals surface area contributed by atoms with Crippen molar-refractivity contribution in [2.75, 3.05) is 19.0 Å². The van der Waals surface area contributed by atoms with E-state index in [1.807, 2.05) is 6.07 Å². The lowest BCUT2D eigenvalue weighted by molar-refractivity contribution is 0.0600. The van der Waals surface area contributed by atoms with E-state index in [2.05, 4.69) is 5.32 Å². The van der Waals surface area contributed by atoms with Gasteiger partial charge in [-0.05, 0) is 97.7 Å². The summed E-state index contributed by atoms with van der Waals surface area (Å²) in [6, 6.07) is 17.0. The van der Waals surface area contributed by atoms with Crippen molar-refractivity contribution in [3.05, 3.63) is 71.8 Å². The topological polar surface area (TPSA) is 92.8 Å². The van der Waals surface area contributed by atoms with Crippen LogP contribution < -0.4 is 5.32 Å². The first-order valence-corrected chi connectivity index (χ1v) is 14.3. The molecule has 192 valence electrons. The molecule has 0 spiro atoms. The number of anilines is 1. The van der Waals surface area contributed by atoms with Gasteiger partial charge >= 0.3 is 5.97 Å². The fraction of sp³-hybridized carbons (Fsp3) is 0.379. The molecule has 7 rings (SSSR count). The molecule has 2 atom stereocenters. The molecule has 0 radical (unpaired) electrons. The highest BCUT2D eigenvalue weighted by molar-refractivity contribution is 7.89. The molecule has 4 bridgehead atoms. The van der Waals surface area contributed by atoms with E-state index in [0.717, 1.165) is 36.5 Å². The zero-order valence-electron chi connectivity index (χ0n) is 20.7. The molecule has 2 unspecified atom stereocenters. The standard InChI is InChI=1S/C29H30N2O5S/c1-36-29(33)22-7-5-21(6-8-22)28(32)30-27-4-2-3-23-16-25(9-10-26(23)27)37(34,35)31-17-20-12-18-11-19(13-20)15-24(31)14-18/h2-10,16,18-20,24H,11-15,17H2,1H3,(H,30,32). The van der Waals surface area contributed by atoms with Gasteiger partial charge in [-0.15, -0.1) is 0 Å². The van der Waals surface area contributed by atoms with Gasteiger partial charge in [0.25, 0.3) is 5.91 Å². The maximum Gasteiger partial charge on any atom is 0.337 e. The quantitative estimate of drug-likeness (QED) is 0.476. The lowest BCUT2D eigenvalue weighted by atomic mass is 9.68. The van der Waals surface area contributed by atoms with Gasteiger partial charge in [0.05, 0.1) is 17.6 Å². The number of benzene rings is 3. The molecule has 2 saturated heterocycles. The lowest BCUT2D eigenvalue weighted by Gasteiger charge is -2.38. The van der Waals surface area contributed by atoms with Crippen LogP contribution in [0.5, 0.6) is 0 Å². The Bertz CT molecular complexity index is 1470. The van der Waals surface area contributed by atoms with E-state index in [4.69, 9.17) is 4.74 Å². The summed E-state index contributed by atoms with van der Waals surface area (Å²) in [5.41, 5.74) is 1.35. The van der Waals surface area contributed by atoms with Crippen molar-refractivity contribution in [3.8, 4) is 0 Å². The highest BCUT2D eigenvalue weighted by atomic mass is 32.2. The summed E-state index contributed by atoms with van der Waals surface area (Å²) in [5.74, 6) is 1.02. The molecule has 1 amide bonds. The second kappa shape index (κ2) is 9.26. The maximum absolute atomic E-state index is 13.8. The zero-order valence-corrected chi connectivity index (χ0v) is 21.5. The Labute approximate surface area is 216 Å². The van der Waals surface area contributed by atoms with Gasteiger partial charge in [0.2, 0.25) is 10.0 Å². The van der Waals surface area contributed by atoms with Gasteiger partial charge in [-0.3, -0.25) is 4.79 Å². The summed E-state index contributed by atoms with van der Waals surface area (Å²) in [5, 5.41) is 4.43. The van der Waals surface area contributed by atoms with E-state index in [0.29, 0.717) is 46.0 Å². The maximum atomic E-state index is 13.8. The number of rotatable bonds is 5. The molecule has 3 aromatic rings. The molecule has 1 N–H and O–H groups in total. The number of fused-ring (bicyclic) bond motifs is 2. The van der Waals surface area contributed by atoms with E-state index in [-0.39, 0.29) is 11.9 Å². The van der Waals surface area contributed by atoms with E-state index < -0.39 is 16.0 Å². The Kier molecular flexibility index (Phi) is 6.04. The number of esters is 1. The van der Waals surface area contributed by atoms with Gasteiger partial charge in [0.15, 0.2) is 0 Å². The molecule has 2 heterocycles. The molecule has 4 fully saturated rings. The van der Waals surface area contributed by atoms with Gasteiger partial charge in [-0.1, -0.05) is 18.2 Å². The van der Waals surface area contributed by atoms with Crippen LogP contribution in [0.2, 0.25) is 0 Å². The minimum atomic E-state index is -3.62. The number of sulfonamides is 1. The Hall–Kier alpha value is -3.23. The summed E-state index contributed by atoms with van der Waals surface area (Å²) in [7, 11) is -2.31. The predicted octanol–water partition coefficient (Wildman–Crippen LogP) is 5.08. The molecular weight excluding hydrogens is 488 g/mol. The highest BCUT2D eigenvalue weighted by Gasteiger charge is 2.46. The minimum Gasteiger partial charge on any atom is -0.465 e. The summed E-state index contributed by atoms with van der Waals surface area (Å²) in [6.07, 6.45) is 5.55. The molecule has 2 aliphatic heterocycles. The molecule has 2 saturated carbocycles. The molecule has 4 aliphatic rings. The van der Waals surface area contributed by atoms with Gasteiger partial charge in [0, 0.05) is 29.2 Å². The second-order valence-corrected chi connectivity index (χ2v) is 12.6. The Morgan fingerprint density at radius 3 is 2.24 bits per heavy atom. The van der Waals surface area contributed by atoms with Crippen LogP contribution in [0.3, 0.4) is 0 Å². The Balaban J connectivity index is 1.26. The van der Waals surface area contributed by atoms with Crippen LogP contribution in [0, 0.1) is 17.8 Å². The van der Waals surface area contributed by atoms with Crippen LogP contribution in [0.1, 0.15) is 52.8 Å². The average molecular weight is 519 g/mol. The number of methoxy groups -OCH3 is 1. The number of carbonyl (C=O) groups is 2. The minimum absolute atomic E-state index is 0.105. The fourth-order valence-corrected chi connectivity index (χ4v) is 8.53. The number of ether oxygens (including phenoxy) is 1. The number of nitrogens with zero attached hydrogens (tertiary/aromatic N) is 1. The van der Waals surface area contributed by atoms with E-state index in [9.17, 15) is 18.0 Å². The van der Waals surface area contributed by atoms with Crippen LogP contribution in [0.15, 0.2) is 65.6 Å². The van der Waals surface area contributed by atoms with Crippen LogP contribution >= 0.6 is 0 Å². The first-order chi connectivity index (χ1) is 17.8. The van der Waals surface area contributed by atoms with Gasteiger partial charge in [0.1, 0.15) is 0 Å². The van der Waals surface area contributed by atoms with Gasteiger partial charge in [-0.25, -0.2) is 13.2 Å². The summed E-state index contributed by atoms with van der Waals surface area (Å²) >= 11 is 0. The van der Waals surface area contributed by atoms with Crippen molar-refractivity contribution >= 4 is 38.4 Å². The van der Waals surface area contributed by atoms with Crippen molar-refractivity contribution < 1.29 is 22.7 Å². The van der Waals surface area contributed by atoms with Crippen molar-refractivity contribution in [1.82, 2.24) is 4.31 Å². The van der Waals surface area contributed by atoms with Crippen molar-refractivity contribution in [2.45, 2.75) is 43.0 Å². The SMILES string of the molecule is COC(=O)c1ccc(C(=O)Nc2cccc3cc(S(=O)(=O)N4CC5CC6CC(C5)CC4C6)ccc23)cc1. The largest absolute Gasteiger partial charge is 0.465 e. The molecule has 8 heteroatoms. The number of carbonyl (C=O) groups excluding carboxylic acids is 2. The number of hydrogen-bond acceptors (Lipinski definition) is 5. The highest BCUT2D eigenvalue weighted by Crippen LogP contribution is 2.48. The third-order valence-corrected chi connectivity index (χ3v) is 10.2. The molecular formula is C29H30N2O5S.